The van der Waals surface area contributed by atoms with Crippen molar-refractivity contribution in [3.05, 3.63) is 76.1 Å². The minimum atomic E-state index is -0.469. The monoisotopic (exact) mass is 380 g/mol. The average molecular weight is 380 g/mol. The van der Waals surface area contributed by atoms with E-state index < -0.39 is 4.92 Å². The Labute approximate surface area is 159 Å². The molecule has 2 aromatic carbocycles. The Morgan fingerprint density at radius 2 is 1.93 bits per heavy atom. The highest BCUT2D eigenvalue weighted by atomic mass is 16.6. The number of para-hydroxylation sites is 1. The molecule has 0 atom stereocenters. The fourth-order valence-corrected chi connectivity index (χ4v) is 2.86. The maximum Gasteiger partial charge on any atom is 0.272 e. The number of fused-ring (bicyclic) bond motifs is 1. The number of hydrogen-bond donors (Lipinski definition) is 1. The third kappa shape index (κ3) is 3.50. The summed E-state index contributed by atoms with van der Waals surface area (Å²) in [6.45, 7) is 1.25. The molecule has 0 spiro atoms. The van der Waals surface area contributed by atoms with E-state index in [0.717, 1.165) is 5.56 Å². The zero-order valence-corrected chi connectivity index (χ0v) is 14.7. The molecule has 4 rings (SSSR count). The van der Waals surface area contributed by atoms with Crippen LogP contribution in [0.3, 0.4) is 0 Å². The van der Waals surface area contributed by atoms with Crippen molar-refractivity contribution in [2.45, 2.75) is 6.54 Å². The Morgan fingerprint density at radius 1 is 1.14 bits per heavy atom. The molecule has 3 aromatic rings. The van der Waals surface area contributed by atoms with E-state index in [-0.39, 0.29) is 23.8 Å². The topological polar surface area (TPSA) is 109 Å². The standard InChI is InChI=1S/C19H16N4O5/c24-19(20-12-13-2-1-3-17-18(13)28-11-10-27-17)16-8-9-22(21-16)14-4-6-15(7-5-14)23(25)26/h1-9H,10-12H2,(H,20,24). The summed E-state index contributed by atoms with van der Waals surface area (Å²) >= 11 is 0. The largest absolute Gasteiger partial charge is 0.486 e. The smallest absolute Gasteiger partial charge is 0.272 e. The number of carbonyl (C=O) groups excluding carboxylic acids is 1. The number of aromatic nitrogens is 2. The number of nitrogens with zero attached hydrogens (tertiary/aromatic N) is 3. The lowest BCUT2D eigenvalue weighted by atomic mass is 10.1. The van der Waals surface area contributed by atoms with Crippen molar-refractivity contribution in [3.8, 4) is 17.2 Å². The molecule has 1 amide bonds. The van der Waals surface area contributed by atoms with Gasteiger partial charge in [-0.15, -0.1) is 0 Å². The average Bonchev–Trinajstić information content (AvgIpc) is 3.22. The van der Waals surface area contributed by atoms with Crippen LogP contribution in [-0.4, -0.2) is 33.8 Å². The first-order valence-electron chi connectivity index (χ1n) is 8.58. The Bertz CT molecular complexity index is 1030. The van der Waals surface area contributed by atoms with E-state index in [1.807, 2.05) is 18.2 Å². The lowest BCUT2D eigenvalue weighted by Crippen LogP contribution is -2.25. The number of benzene rings is 2. The molecule has 0 bridgehead atoms. The molecule has 0 saturated heterocycles. The molecule has 9 heteroatoms. The van der Waals surface area contributed by atoms with Gasteiger partial charge in [0.05, 0.1) is 10.6 Å². The second-order valence-electron chi connectivity index (χ2n) is 6.04. The molecule has 2 heterocycles. The Hall–Kier alpha value is -3.88. The summed E-state index contributed by atoms with van der Waals surface area (Å²) in [6, 6.07) is 13.0. The van der Waals surface area contributed by atoms with Gasteiger partial charge in [-0.1, -0.05) is 12.1 Å². The van der Waals surface area contributed by atoms with Crippen LogP contribution < -0.4 is 14.8 Å². The summed E-state index contributed by atoms with van der Waals surface area (Å²) in [7, 11) is 0. The molecule has 0 unspecified atom stereocenters. The molecule has 0 radical (unpaired) electrons. The second-order valence-corrected chi connectivity index (χ2v) is 6.04. The molecule has 28 heavy (non-hydrogen) atoms. The van der Waals surface area contributed by atoms with Crippen LogP contribution in [0.15, 0.2) is 54.7 Å². The first-order chi connectivity index (χ1) is 13.6. The summed E-state index contributed by atoms with van der Waals surface area (Å²) in [5.41, 5.74) is 1.67. The van der Waals surface area contributed by atoms with Crippen LogP contribution in [0.25, 0.3) is 5.69 Å². The number of nitro benzene ring substituents is 1. The quantitative estimate of drug-likeness (QED) is 0.538. The lowest BCUT2D eigenvalue weighted by Gasteiger charge is -2.21. The van der Waals surface area contributed by atoms with Gasteiger partial charge in [0.2, 0.25) is 0 Å². The molecule has 0 fully saturated rings. The van der Waals surface area contributed by atoms with E-state index >= 15 is 0 Å². The van der Waals surface area contributed by atoms with Gasteiger partial charge in [-0.2, -0.15) is 5.10 Å². The molecule has 1 N–H and O–H groups in total. The van der Waals surface area contributed by atoms with Crippen molar-refractivity contribution < 1.29 is 19.2 Å². The molecule has 1 aromatic heterocycles. The maximum absolute atomic E-state index is 12.4. The summed E-state index contributed by atoms with van der Waals surface area (Å²) in [6.07, 6.45) is 1.62. The van der Waals surface area contributed by atoms with Crippen LogP contribution in [-0.2, 0) is 6.54 Å². The van der Waals surface area contributed by atoms with Gasteiger partial charge in [-0.25, -0.2) is 4.68 Å². The predicted molar refractivity (Wildman–Crippen MR) is 98.8 cm³/mol. The number of ether oxygens (including phenoxy) is 2. The van der Waals surface area contributed by atoms with Crippen LogP contribution in [0.5, 0.6) is 11.5 Å². The number of hydrogen-bond acceptors (Lipinski definition) is 6. The van der Waals surface area contributed by atoms with Crippen molar-refractivity contribution in [1.29, 1.82) is 0 Å². The van der Waals surface area contributed by atoms with Crippen molar-refractivity contribution in [1.82, 2.24) is 15.1 Å². The maximum atomic E-state index is 12.4. The van der Waals surface area contributed by atoms with Crippen LogP contribution in [0, 0.1) is 10.1 Å². The van der Waals surface area contributed by atoms with Crippen molar-refractivity contribution in [2.24, 2.45) is 0 Å². The molecule has 142 valence electrons. The number of nitrogens with one attached hydrogen (secondary N) is 1. The van der Waals surface area contributed by atoms with Gasteiger partial charge in [-0.3, -0.25) is 14.9 Å². The molecule has 1 aliphatic rings. The van der Waals surface area contributed by atoms with Crippen molar-refractivity contribution in [2.75, 3.05) is 13.2 Å². The number of carbonyl (C=O) groups is 1. The van der Waals surface area contributed by atoms with E-state index in [9.17, 15) is 14.9 Å². The Kier molecular flexibility index (Phi) is 4.63. The van der Waals surface area contributed by atoms with E-state index in [2.05, 4.69) is 10.4 Å². The molecule has 9 nitrogen and oxygen atoms in total. The molecular formula is C19H16N4O5. The van der Waals surface area contributed by atoms with Gasteiger partial charge in [0, 0.05) is 30.4 Å². The van der Waals surface area contributed by atoms with Gasteiger partial charge < -0.3 is 14.8 Å². The van der Waals surface area contributed by atoms with Gasteiger partial charge in [0.1, 0.15) is 13.2 Å². The first kappa shape index (κ1) is 17.5. The third-order valence-electron chi connectivity index (χ3n) is 4.23. The Balaban J connectivity index is 1.44. The van der Waals surface area contributed by atoms with E-state index in [0.29, 0.717) is 30.4 Å². The van der Waals surface area contributed by atoms with E-state index in [4.69, 9.17) is 9.47 Å². The molecular weight excluding hydrogens is 364 g/mol. The van der Waals surface area contributed by atoms with Gasteiger partial charge in [-0.05, 0) is 24.3 Å². The highest BCUT2D eigenvalue weighted by molar-refractivity contribution is 5.92. The van der Waals surface area contributed by atoms with Crippen molar-refractivity contribution in [3.63, 3.8) is 0 Å². The van der Waals surface area contributed by atoms with Crippen LogP contribution in [0.4, 0.5) is 5.69 Å². The molecule has 0 saturated carbocycles. The summed E-state index contributed by atoms with van der Waals surface area (Å²) in [5, 5.41) is 17.8. The lowest BCUT2D eigenvalue weighted by molar-refractivity contribution is -0.384. The summed E-state index contributed by atoms with van der Waals surface area (Å²) < 4.78 is 12.7. The number of rotatable bonds is 5. The van der Waals surface area contributed by atoms with Crippen LogP contribution in [0.2, 0.25) is 0 Å². The number of amides is 1. The minimum Gasteiger partial charge on any atom is -0.486 e. The number of non-ortho nitro benzene ring substituents is 1. The summed E-state index contributed by atoms with van der Waals surface area (Å²) in [4.78, 5) is 22.7. The zero-order chi connectivity index (χ0) is 19.5. The van der Waals surface area contributed by atoms with Crippen LogP contribution in [0.1, 0.15) is 16.1 Å². The number of nitro groups is 1. The van der Waals surface area contributed by atoms with Gasteiger partial charge in [0.15, 0.2) is 17.2 Å². The first-order valence-corrected chi connectivity index (χ1v) is 8.58. The van der Waals surface area contributed by atoms with Gasteiger partial charge in [0.25, 0.3) is 11.6 Å². The van der Waals surface area contributed by atoms with E-state index in [1.165, 1.54) is 16.8 Å². The minimum absolute atomic E-state index is 0.00809. The predicted octanol–water partition coefficient (Wildman–Crippen LogP) is 2.48. The molecule has 1 aliphatic heterocycles. The van der Waals surface area contributed by atoms with Gasteiger partial charge >= 0.3 is 0 Å². The second kappa shape index (κ2) is 7.39. The fraction of sp³-hybridized carbons (Fsp3) is 0.158. The van der Waals surface area contributed by atoms with E-state index in [1.54, 1.807) is 24.4 Å². The highest BCUT2D eigenvalue weighted by Gasteiger charge is 2.17. The van der Waals surface area contributed by atoms with Crippen LogP contribution >= 0.6 is 0 Å². The molecule has 0 aliphatic carbocycles. The fourth-order valence-electron chi connectivity index (χ4n) is 2.86. The summed E-state index contributed by atoms with van der Waals surface area (Å²) in [5.74, 6) is 0.973. The normalized spacial score (nSPS) is 12.4. The SMILES string of the molecule is O=C(NCc1cccc2c1OCCO2)c1ccn(-c2ccc([N+](=O)[O-])cc2)n1. The van der Waals surface area contributed by atoms with Crippen molar-refractivity contribution >= 4 is 11.6 Å². The Morgan fingerprint density at radius 3 is 2.71 bits per heavy atom. The third-order valence-corrected chi connectivity index (χ3v) is 4.23. The zero-order valence-electron chi connectivity index (χ0n) is 14.7. The highest BCUT2D eigenvalue weighted by Crippen LogP contribution is 2.33.